The lowest BCUT2D eigenvalue weighted by atomic mass is 10.1. The van der Waals surface area contributed by atoms with Crippen molar-refractivity contribution >= 4 is 5.91 Å². The standard InChI is InChI=1S/C19H25N3O4/c1-13(22-19(23)16(20)12-24-2)15-4-5-17(18(10-15)25-3)26-11-14-6-8-21-9-7-14/h4-10,13,16H,11-12,20H2,1-3H3,(H,22,23). The molecule has 2 rings (SSSR count). The highest BCUT2D eigenvalue weighted by Crippen LogP contribution is 2.31. The lowest BCUT2D eigenvalue weighted by Crippen LogP contribution is -2.44. The number of hydrogen-bond donors (Lipinski definition) is 2. The van der Waals surface area contributed by atoms with Crippen molar-refractivity contribution in [2.75, 3.05) is 20.8 Å². The van der Waals surface area contributed by atoms with Gasteiger partial charge in [0.15, 0.2) is 11.5 Å². The summed E-state index contributed by atoms with van der Waals surface area (Å²) in [6, 6.07) is 8.41. The summed E-state index contributed by atoms with van der Waals surface area (Å²) in [6.45, 7) is 2.46. The highest BCUT2D eigenvalue weighted by atomic mass is 16.5. The molecule has 0 radical (unpaired) electrons. The van der Waals surface area contributed by atoms with E-state index in [4.69, 9.17) is 19.9 Å². The minimum absolute atomic E-state index is 0.170. The fourth-order valence-corrected chi connectivity index (χ4v) is 2.37. The van der Waals surface area contributed by atoms with Crippen molar-refractivity contribution in [3.63, 3.8) is 0 Å². The van der Waals surface area contributed by atoms with Crippen LogP contribution in [0.4, 0.5) is 0 Å². The van der Waals surface area contributed by atoms with E-state index in [1.807, 2.05) is 37.3 Å². The van der Waals surface area contributed by atoms with Crippen molar-refractivity contribution in [3.05, 3.63) is 53.9 Å². The number of nitrogens with two attached hydrogens (primary N) is 1. The summed E-state index contributed by atoms with van der Waals surface area (Å²) in [5, 5.41) is 2.86. The Kier molecular flexibility index (Phi) is 7.37. The van der Waals surface area contributed by atoms with E-state index in [1.54, 1.807) is 19.5 Å². The Balaban J connectivity index is 2.03. The molecule has 26 heavy (non-hydrogen) atoms. The number of nitrogens with one attached hydrogen (secondary N) is 1. The zero-order chi connectivity index (χ0) is 18.9. The highest BCUT2D eigenvalue weighted by Gasteiger charge is 2.17. The molecule has 7 nitrogen and oxygen atoms in total. The Morgan fingerprint density at radius 3 is 2.58 bits per heavy atom. The van der Waals surface area contributed by atoms with Gasteiger partial charge in [0.05, 0.1) is 19.8 Å². The minimum Gasteiger partial charge on any atom is -0.493 e. The second-order valence-electron chi connectivity index (χ2n) is 5.85. The largest absolute Gasteiger partial charge is 0.493 e. The van der Waals surface area contributed by atoms with Crippen LogP contribution in [0.15, 0.2) is 42.7 Å². The molecular weight excluding hydrogens is 334 g/mol. The molecular formula is C19H25N3O4. The number of benzene rings is 1. The van der Waals surface area contributed by atoms with Crippen LogP contribution in [0, 0.1) is 0 Å². The van der Waals surface area contributed by atoms with Crippen LogP contribution in [0.2, 0.25) is 0 Å². The Morgan fingerprint density at radius 1 is 1.19 bits per heavy atom. The third-order valence-corrected chi connectivity index (χ3v) is 3.87. The Hall–Kier alpha value is -2.64. The number of pyridine rings is 1. The van der Waals surface area contributed by atoms with Gasteiger partial charge < -0.3 is 25.3 Å². The van der Waals surface area contributed by atoms with E-state index in [0.717, 1.165) is 11.1 Å². The van der Waals surface area contributed by atoms with Crippen LogP contribution in [0.5, 0.6) is 11.5 Å². The van der Waals surface area contributed by atoms with E-state index in [0.29, 0.717) is 18.1 Å². The monoisotopic (exact) mass is 359 g/mol. The zero-order valence-electron chi connectivity index (χ0n) is 15.3. The van der Waals surface area contributed by atoms with Gasteiger partial charge in [-0.3, -0.25) is 9.78 Å². The summed E-state index contributed by atoms with van der Waals surface area (Å²) >= 11 is 0. The first-order valence-corrected chi connectivity index (χ1v) is 8.29. The smallest absolute Gasteiger partial charge is 0.239 e. The van der Waals surface area contributed by atoms with Crippen molar-refractivity contribution in [2.24, 2.45) is 5.73 Å². The summed E-state index contributed by atoms with van der Waals surface area (Å²) in [5.74, 6) is 0.956. The molecule has 1 aromatic heterocycles. The zero-order valence-corrected chi connectivity index (χ0v) is 15.3. The number of carbonyl (C=O) groups excluding carboxylic acids is 1. The average molecular weight is 359 g/mol. The molecule has 2 aromatic rings. The van der Waals surface area contributed by atoms with Crippen molar-refractivity contribution in [3.8, 4) is 11.5 Å². The predicted molar refractivity (Wildman–Crippen MR) is 98.0 cm³/mol. The molecule has 1 aromatic carbocycles. The average Bonchev–Trinajstić information content (AvgIpc) is 2.67. The molecule has 2 unspecified atom stereocenters. The predicted octanol–water partition coefficient (Wildman–Crippen LogP) is 1.82. The van der Waals surface area contributed by atoms with Crippen molar-refractivity contribution in [1.29, 1.82) is 0 Å². The van der Waals surface area contributed by atoms with Gasteiger partial charge in [0.1, 0.15) is 12.6 Å². The molecule has 0 aliphatic heterocycles. The molecule has 1 heterocycles. The maximum atomic E-state index is 12.0. The van der Waals surface area contributed by atoms with E-state index in [1.165, 1.54) is 7.11 Å². The fraction of sp³-hybridized carbons (Fsp3) is 0.368. The van der Waals surface area contributed by atoms with Crippen LogP contribution in [0.3, 0.4) is 0 Å². The molecule has 7 heteroatoms. The lowest BCUT2D eigenvalue weighted by molar-refractivity contribution is -0.124. The van der Waals surface area contributed by atoms with Crippen molar-refractivity contribution in [2.45, 2.75) is 25.6 Å². The Bertz CT molecular complexity index is 709. The summed E-state index contributed by atoms with van der Waals surface area (Å²) in [6.07, 6.45) is 3.44. The third-order valence-electron chi connectivity index (χ3n) is 3.87. The Labute approximate surface area is 153 Å². The van der Waals surface area contributed by atoms with E-state index in [9.17, 15) is 4.79 Å². The molecule has 0 fully saturated rings. The number of carbonyl (C=O) groups is 1. The van der Waals surface area contributed by atoms with Gasteiger partial charge in [-0.25, -0.2) is 0 Å². The van der Waals surface area contributed by atoms with Gasteiger partial charge in [-0.2, -0.15) is 0 Å². The van der Waals surface area contributed by atoms with Crippen LogP contribution >= 0.6 is 0 Å². The summed E-state index contributed by atoms with van der Waals surface area (Å²) in [5.41, 5.74) is 7.64. The second kappa shape index (κ2) is 9.74. The van der Waals surface area contributed by atoms with E-state index >= 15 is 0 Å². The fourth-order valence-electron chi connectivity index (χ4n) is 2.37. The van der Waals surface area contributed by atoms with Gasteiger partial charge in [0, 0.05) is 19.5 Å². The summed E-state index contributed by atoms with van der Waals surface area (Å²) in [4.78, 5) is 16.0. The molecule has 0 saturated heterocycles. The first-order valence-electron chi connectivity index (χ1n) is 8.29. The number of rotatable bonds is 9. The SMILES string of the molecule is COCC(N)C(=O)NC(C)c1ccc(OCc2ccncc2)c(OC)c1. The number of hydrogen-bond acceptors (Lipinski definition) is 6. The van der Waals surface area contributed by atoms with Gasteiger partial charge in [0.2, 0.25) is 5.91 Å². The van der Waals surface area contributed by atoms with E-state index < -0.39 is 6.04 Å². The summed E-state index contributed by atoms with van der Waals surface area (Å²) < 4.78 is 16.1. The molecule has 0 spiro atoms. The molecule has 0 saturated carbocycles. The molecule has 0 aliphatic carbocycles. The first kappa shape index (κ1) is 19.7. The van der Waals surface area contributed by atoms with Crippen molar-refractivity contribution in [1.82, 2.24) is 10.3 Å². The van der Waals surface area contributed by atoms with Gasteiger partial charge >= 0.3 is 0 Å². The van der Waals surface area contributed by atoms with Gasteiger partial charge in [-0.1, -0.05) is 6.07 Å². The quantitative estimate of drug-likeness (QED) is 0.709. The minimum atomic E-state index is -0.702. The first-order chi connectivity index (χ1) is 12.5. The maximum absolute atomic E-state index is 12.0. The molecule has 140 valence electrons. The van der Waals surface area contributed by atoms with Crippen LogP contribution in [-0.4, -0.2) is 37.8 Å². The molecule has 2 atom stereocenters. The van der Waals surface area contributed by atoms with E-state index in [2.05, 4.69) is 10.3 Å². The Morgan fingerprint density at radius 2 is 1.92 bits per heavy atom. The molecule has 0 bridgehead atoms. The van der Waals surface area contributed by atoms with Gasteiger partial charge in [0.25, 0.3) is 0 Å². The molecule has 1 amide bonds. The lowest BCUT2D eigenvalue weighted by Gasteiger charge is -2.19. The maximum Gasteiger partial charge on any atom is 0.239 e. The second-order valence-corrected chi connectivity index (χ2v) is 5.85. The van der Waals surface area contributed by atoms with Crippen LogP contribution < -0.4 is 20.5 Å². The van der Waals surface area contributed by atoms with Crippen molar-refractivity contribution < 1.29 is 19.0 Å². The summed E-state index contributed by atoms with van der Waals surface area (Å²) in [7, 11) is 3.09. The third kappa shape index (κ3) is 5.44. The number of nitrogens with zero attached hydrogens (tertiary/aromatic N) is 1. The van der Waals surface area contributed by atoms with Gasteiger partial charge in [-0.15, -0.1) is 0 Å². The van der Waals surface area contributed by atoms with E-state index in [-0.39, 0.29) is 18.6 Å². The number of aromatic nitrogens is 1. The number of methoxy groups -OCH3 is 2. The molecule has 3 N–H and O–H groups in total. The van der Waals surface area contributed by atoms with Crippen LogP contribution in [0.25, 0.3) is 0 Å². The van der Waals surface area contributed by atoms with Gasteiger partial charge in [-0.05, 0) is 42.3 Å². The van der Waals surface area contributed by atoms with Crippen LogP contribution in [0.1, 0.15) is 24.1 Å². The topological polar surface area (TPSA) is 95.7 Å². The molecule has 0 aliphatic rings. The highest BCUT2D eigenvalue weighted by molar-refractivity contribution is 5.82. The number of amides is 1. The van der Waals surface area contributed by atoms with Crippen LogP contribution in [-0.2, 0) is 16.1 Å². The normalized spacial score (nSPS) is 12.9. The number of ether oxygens (including phenoxy) is 3.